The van der Waals surface area contributed by atoms with Gasteiger partial charge in [0, 0.05) is 13.6 Å². The number of hydrogen-bond donors (Lipinski definition) is 0. The smallest absolute Gasteiger partial charge is 0.236 e. The van der Waals surface area contributed by atoms with E-state index >= 15 is 0 Å². The summed E-state index contributed by atoms with van der Waals surface area (Å²) in [4.78, 5) is 16.9. The molecule has 1 amide bonds. The summed E-state index contributed by atoms with van der Waals surface area (Å²) in [7, 11) is 5.14. The molecule has 1 heterocycles. The third-order valence-corrected chi connectivity index (χ3v) is 6.11. The normalized spacial score (nSPS) is 15.1. The predicted molar refractivity (Wildman–Crippen MR) is 120 cm³/mol. The van der Waals surface area contributed by atoms with E-state index < -0.39 is 0 Å². The molecule has 0 aliphatic carbocycles. The van der Waals surface area contributed by atoms with Crippen LogP contribution in [0.15, 0.2) is 42.5 Å². The van der Waals surface area contributed by atoms with E-state index in [-0.39, 0.29) is 5.91 Å². The van der Waals surface area contributed by atoms with Crippen LogP contribution in [0.1, 0.15) is 29.5 Å². The summed E-state index contributed by atoms with van der Waals surface area (Å²) in [6, 6.07) is 14.6. The topological polar surface area (TPSA) is 42.0 Å². The Labute approximate surface area is 180 Å². The number of ether oxygens (including phenoxy) is 2. The van der Waals surface area contributed by atoms with E-state index in [1.165, 1.54) is 5.56 Å². The van der Waals surface area contributed by atoms with E-state index in [4.69, 9.17) is 9.47 Å². The second-order valence-corrected chi connectivity index (χ2v) is 8.29. The number of benzene rings is 2. The summed E-state index contributed by atoms with van der Waals surface area (Å²) < 4.78 is 10.8. The summed E-state index contributed by atoms with van der Waals surface area (Å²) in [5.74, 6) is 2.28. The van der Waals surface area contributed by atoms with E-state index in [1.807, 2.05) is 31.0 Å². The van der Waals surface area contributed by atoms with Crippen LogP contribution in [0.2, 0.25) is 0 Å². The Morgan fingerprint density at radius 2 is 1.70 bits per heavy atom. The first kappa shape index (κ1) is 22.2. The maximum absolute atomic E-state index is 12.8. The van der Waals surface area contributed by atoms with Crippen LogP contribution >= 0.6 is 0 Å². The minimum absolute atomic E-state index is 0.158. The highest BCUT2D eigenvalue weighted by molar-refractivity contribution is 5.78. The first-order chi connectivity index (χ1) is 14.5. The average Bonchev–Trinajstić information content (AvgIpc) is 2.76. The summed E-state index contributed by atoms with van der Waals surface area (Å²) in [6.45, 7) is 5.07. The Balaban J connectivity index is 1.49. The van der Waals surface area contributed by atoms with Crippen molar-refractivity contribution in [2.24, 2.45) is 5.92 Å². The molecule has 0 unspecified atom stereocenters. The van der Waals surface area contributed by atoms with Gasteiger partial charge in [0.15, 0.2) is 11.5 Å². The van der Waals surface area contributed by atoms with Gasteiger partial charge in [-0.3, -0.25) is 9.69 Å². The standard InChI is InChI=1S/C25H34N2O3/c1-19-14-23(29-3)24(30-4)16-22(19)17-26(2)25(28)18-27-12-10-21(11-13-27)15-20-8-6-5-7-9-20/h5-9,14,16,21H,10-13,15,17-18H2,1-4H3. The summed E-state index contributed by atoms with van der Waals surface area (Å²) >= 11 is 0. The number of aryl methyl sites for hydroxylation is 1. The van der Waals surface area contributed by atoms with Crippen LogP contribution in [0.5, 0.6) is 11.5 Å². The Bertz CT molecular complexity index is 830. The maximum atomic E-state index is 12.8. The fourth-order valence-electron chi connectivity index (χ4n) is 4.14. The summed E-state index contributed by atoms with van der Waals surface area (Å²) in [5.41, 5.74) is 3.58. The van der Waals surface area contributed by atoms with Crippen molar-refractivity contribution in [1.82, 2.24) is 9.80 Å². The van der Waals surface area contributed by atoms with Gasteiger partial charge in [0.2, 0.25) is 5.91 Å². The van der Waals surface area contributed by atoms with Crippen LogP contribution in [0, 0.1) is 12.8 Å². The number of nitrogens with zero attached hydrogens (tertiary/aromatic N) is 2. The van der Waals surface area contributed by atoms with Crippen LogP contribution in [0.3, 0.4) is 0 Å². The number of carbonyl (C=O) groups is 1. The molecule has 0 saturated carbocycles. The van der Waals surface area contributed by atoms with Gasteiger partial charge in [-0.25, -0.2) is 0 Å². The monoisotopic (exact) mass is 410 g/mol. The third-order valence-electron chi connectivity index (χ3n) is 6.11. The molecule has 2 aromatic rings. The first-order valence-electron chi connectivity index (χ1n) is 10.7. The molecule has 3 rings (SSSR count). The Kier molecular flexibility index (Phi) is 7.75. The zero-order valence-corrected chi connectivity index (χ0v) is 18.7. The highest BCUT2D eigenvalue weighted by Crippen LogP contribution is 2.30. The minimum atomic E-state index is 0.158. The van der Waals surface area contributed by atoms with Gasteiger partial charge in [0.05, 0.1) is 20.8 Å². The van der Waals surface area contributed by atoms with Gasteiger partial charge in [-0.1, -0.05) is 30.3 Å². The van der Waals surface area contributed by atoms with Crippen molar-refractivity contribution in [2.75, 3.05) is 40.9 Å². The number of hydrogen-bond acceptors (Lipinski definition) is 4. The van der Waals surface area contributed by atoms with Gasteiger partial charge < -0.3 is 14.4 Å². The van der Waals surface area contributed by atoms with Crippen molar-refractivity contribution in [2.45, 2.75) is 32.7 Å². The van der Waals surface area contributed by atoms with Crippen molar-refractivity contribution < 1.29 is 14.3 Å². The molecule has 0 aromatic heterocycles. The fourth-order valence-corrected chi connectivity index (χ4v) is 4.14. The molecule has 162 valence electrons. The zero-order valence-electron chi connectivity index (χ0n) is 18.7. The molecular weight excluding hydrogens is 376 g/mol. The van der Waals surface area contributed by atoms with Crippen LogP contribution in [-0.4, -0.2) is 56.6 Å². The van der Waals surface area contributed by atoms with Gasteiger partial charge in [-0.05, 0) is 74.0 Å². The Hall–Kier alpha value is -2.53. The largest absolute Gasteiger partial charge is 0.493 e. The molecule has 0 atom stereocenters. The van der Waals surface area contributed by atoms with Crippen LogP contribution in [0.25, 0.3) is 0 Å². The number of likely N-dealkylation sites (N-methyl/N-ethyl adjacent to an activating group) is 1. The number of amides is 1. The Morgan fingerprint density at radius 3 is 2.33 bits per heavy atom. The van der Waals surface area contributed by atoms with Crippen molar-refractivity contribution in [3.63, 3.8) is 0 Å². The van der Waals surface area contributed by atoms with Crippen molar-refractivity contribution in [1.29, 1.82) is 0 Å². The van der Waals surface area contributed by atoms with E-state index in [0.29, 0.717) is 30.5 Å². The summed E-state index contributed by atoms with van der Waals surface area (Å²) in [5, 5.41) is 0. The molecule has 0 radical (unpaired) electrons. The van der Waals surface area contributed by atoms with Crippen molar-refractivity contribution >= 4 is 5.91 Å². The molecule has 1 aliphatic heterocycles. The van der Waals surface area contributed by atoms with Gasteiger partial charge in [0.25, 0.3) is 0 Å². The van der Waals surface area contributed by atoms with Crippen LogP contribution in [-0.2, 0) is 17.8 Å². The lowest BCUT2D eigenvalue weighted by Gasteiger charge is -2.32. The van der Waals surface area contributed by atoms with Crippen molar-refractivity contribution in [3.05, 3.63) is 59.2 Å². The predicted octanol–water partition coefficient (Wildman–Crippen LogP) is 3.93. The van der Waals surface area contributed by atoms with Gasteiger partial charge in [-0.2, -0.15) is 0 Å². The fraction of sp³-hybridized carbons (Fsp3) is 0.480. The van der Waals surface area contributed by atoms with Gasteiger partial charge in [0.1, 0.15) is 0 Å². The van der Waals surface area contributed by atoms with Crippen LogP contribution < -0.4 is 9.47 Å². The van der Waals surface area contributed by atoms with Gasteiger partial charge >= 0.3 is 0 Å². The second-order valence-electron chi connectivity index (χ2n) is 8.29. The lowest BCUT2D eigenvalue weighted by molar-refractivity contribution is -0.132. The molecule has 5 nitrogen and oxygen atoms in total. The molecular formula is C25H34N2O3. The first-order valence-corrected chi connectivity index (χ1v) is 10.7. The second kappa shape index (κ2) is 10.5. The average molecular weight is 411 g/mol. The lowest BCUT2D eigenvalue weighted by atomic mass is 9.90. The van der Waals surface area contributed by atoms with Crippen LogP contribution in [0.4, 0.5) is 0 Å². The lowest BCUT2D eigenvalue weighted by Crippen LogP contribution is -2.42. The molecule has 0 bridgehead atoms. The molecule has 0 spiro atoms. The molecule has 30 heavy (non-hydrogen) atoms. The molecule has 1 aliphatic rings. The van der Waals surface area contributed by atoms with E-state index in [0.717, 1.165) is 43.5 Å². The third kappa shape index (κ3) is 5.76. The van der Waals surface area contributed by atoms with E-state index in [1.54, 1.807) is 14.2 Å². The van der Waals surface area contributed by atoms with Crippen molar-refractivity contribution in [3.8, 4) is 11.5 Å². The molecule has 1 fully saturated rings. The highest BCUT2D eigenvalue weighted by atomic mass is 16.5. The maximum Gasteiger partial charge on any atom is 0.236 e. The highest BCUT2D eigenvalue weighted by Gasteiger charge is 2.22. The molecule has 5 heteroatoms. The quantitative estimate of drug-likeness (QED) is 0.661. The molecule has 2 aromatic carbocycles. The van der Waals surface area contributed by atoms with Gasteiger partial charge in [-0.15, -0.1) is 0 Å². The molecule has 0 N–H and O–H groups in total. The SMILES string of the molecule is COc1cc(C)c(CN(C)C(=O)CN2CCC(Cc3ccccc3)CC2)cc1OC. The van der Waals surface area contributed by atoms with E-state index in [9.17, 15) is 4.79 Å². The number of rotatable bonds is 8. The number of carbonyl (C=O) groups excluding carboxylic acids is 1. The van der Waals surface area contributed by atoms with E-state index in [2.05, 4.69) is 35.2 Å². The molecule has 1 saturated heterocycles. The number of piperidine rings is 1. The zero-order chi connectivity index (χ0) is 21.5. The minimum Gasteiger partial charge on any atom is -0.493 e. The number of likely N-dealkylation sites (tertiary alicyclic amines) is 1. The number of methoxy groups -OCH3 is 2. The Morgan fingerprint density at radius 1 is 1.07 bits per heavy atom. The summed E-state index contributed by atoms with van der Waals surface area (Å²) in [6.07, 6.45) is 3.45.